The Kier molecular flexibility index (Phi) is 4.96. The van der Waals surface area contributed by atoms with Crippen LogP contribution in [0.15, 0.2) is 0 Å². The van der Waals surface area contributed by atoms with Crippen LogP contribution in [0, 0.1) is 11.3 Å². The Balaban J connectivity index is 4.80. The van der Waals surface area contributed by atoms with Crippen LogP contribution in [0.1, 0.15) is 53.4 Å². The Morgan fingerprint density at radius 1 is 1.07 bits per heavy atom. The van der Waals surface area contributed by atoms with Gasteiger partial charge in [0.15, 0.2) is 0 Å². The summed E-state index contributed by atoms with van der Waals surface area (Å²) in [6.45, 7) is 6.92. The zero-order chi connectivity index (χ0) is 11.4. The Morgan fingerprint density at radius 2 is 1.57 bits per heavy atom. The van der Waals surface area contributed by atoms with E-state index in [1.165, 1.54) is 0 Å². The van der Waals surface area contributed by atoms with Crippen LogP contribution >= 0.6 is 0 Å². The van der Waals surface area contributed by atoms with Crippen LogP contribution in [0.2, 0.25) is 0 Å². The second-order valence-corrected chi connectivity index (χ2v) is 4.27. The molecule has 3 heteroatoms. The van der Waals surface area contributed by atoms with Gasteiger partial charge in [0, 0.05) is 0 Å². The largest absolute Gasteiger partial charge is 0.394 e. The van der Waals surface area contributed by atoms with Gasteiger partial charge < -0.3 is 0 Å². The van der Waals surface area contributed by atoms with Gasteiger partial charge >= 0.3 is 6.18 Å². The van der Waals surface area contributed by atoms with Crippen molar-refractivity contribution in [2.75, 3.05) is 0 Å². The van der Waals surface area contributed by atoms with Crippen molar-refractivity contribution in [1.29, 1.82) is 0 Å². The van der Waals surface area contributed by atoms with E-state index in [-0.39, 0.29) is 18.8 Å². The predicted molar refractivity (Wildman–Crippen MR) is 53.1 cm³/mol. The quantitative estimate of drug-likeness (QED) is 0.612. The van der Waals surface area contributed by atoms with Gasteiger partial charge in [-0.05, 0) is 18.8 Å². The first kappa shape index (κ1) is 13.8. The highest BCUT2D eigenvalue weighted by atomic mass is 19.4. The minimum Gasteiger partial charge on any atom is -0.170 e. The molecule has 0 aromatic rings. The number of halogens is 3. The fourth-order valence-electron chi connectivity index (χ4n) is 2.04. The third-order valence-corrected chi connectivity index (χ3v) is 3.28. The van der Waals surface area contributed by atoms with Gasteiger partial charge in [-0.1, -0.05) is 40.5 Å². The molecule has 1 atom stereocenters. The molecule has 0 unspecified atom stereocenters. The molecule has 0 saturated carbocycles. The molecule has 86 valence electrons. The second kappa shape index (κ2) is 5.04. The van der Waals surface area contributed by atoms with E-state index in [4.69, 9.17) is 0 Å². The van der Waals surface area contributed by atoms with Gasteiger partial charge in [-0.25, -0.2) is 0 Å². The predicted octanol–water partition coefficient (Wildman–Crippen LogP) is 4.79. The van der Waals surface area contributed by atoms with Crippen LogP contribution in [0.5, 0.6) is 0 Å². The lowest BCUT2D eigenvalue weighted by Gasteiger charge is -2.38. The van der Waals surface area contributed by atoms with Crippen molar-refractivity contribution in [2.45, 2.75) is 59.6 Å². The van der Waals surface area contributed by atoms with Crippen molar-refractivity contribution in [3.8, 4) is 0 Å². The van der Waals surface area contributed by atoms with Crippen LogP contribution in [-0.4, -0.2) is 6.18 Å². The minimum absolute atomic E-state index is 0.189. The van der Waals surface area contributed by atoms with Gasteiger partial charge in [0.2, 0.25) is 0 Å². The molecule has 0 spiro atoms. The lowest BCUT2D eigenvalue weighted by Crippen LogP contribution is -2.42. The molecule has 0 saturated heterocycles. The third kappa shape index (κ3) is 2.64. The number of hydrogen-bond acceptors (Lipinski definition) is 0. The maximum Gasteiger partial charge on any atom is 0.394 e. The molecule has 0 N–H and O–H groups in total. The molecule has 0 rings (SSSR count). The van der Waals surface area contributed by atoms with Gasteiger partial charge in [-0.2, -0.15) is 13.2 Å². The topological polar surface area (TPSA) is 0 Å². The summed E-state index contributed by atoms with van der Waals surface area (Å²) in [5.41, 5.74) is -1.47. The highest BCUT2D eigenvalue weighted by molar-refractivity contribution is 4.88. The van der Waals surface area contributed by atoms with Crippen molar-refractivity contribution in [2.24, 2.45) is 11.3 Å². The lowest BCUT2D eigenvalue weighted by atomic mass is 9.71. The third-order valence-electron chi connectivity index (χ3n) is 3.28. The highest BCUT2D eigenvalue weighted by Crippen LogP contribution is 2.50. The monoisotopic (exact) mass is 210 g/mol. The summed E-state index contributed by atoms with van der Waals surface area (Å²) in [6, 6.07) is 0. The van der Waals surface area contributed by atoms with E-state index in [0.29, 0.717) is 6.42 Å². The molecule has 0 nitrogen and oxygen atoms in total. The average molecular weight is 210 g/mol. The highest BCUT2D eigenvalue weighted by Gasteiger charge is 2.54. The van der Waals surface area contributed by atoms with Crippen LogP contribution in [0.25, 0.3) is 0 Å². The normalized spacial score (nSPS) is 17.1. The van der Waals surface area contributed by atoms with E-state index in [0.717, 1.165) is 6.42 Å². The van der Waals surface area contributed by atoms with E-state index in [1.807, 2.05) is 6.92 Å². The van der Waals surface area contributed by atoms with E-state index in [9.17, 15) is 13.2 Å². The van der Waals surface area contributed by atoms with Crippen LogP contribution < -0.4 is 0 Å². The summed E-state index contributed by atoms with van der Waals surface area (Å²) in [6.07, 6.45) is -2.13. The molecule has 0 aliphatic rings. The van der Waals surface area contributed by atoms with Crippen LogP contribution in [0.3, 0.4) is 0 Å². The maximum absolute atomic E-state index is 12.9. The first-order valence-electron chi connectivity index (χ1n) is 5.38. The van der Waals surface area contributed by atoms with Crippen LogP contribution in [0.4, 0.5) is 13.2 Å². The fraction of sp³-hybridized carbons (Fsp3) is 1.00. The van der Waals surface area contributed by atoms with Gasteiger partial charge in [-0.3, -0.25) is 0 Å². The van der Waals surface area contributed by atoms with Crippen molar-refractivity contribution in [1.82, 2.24) is 0 Å². The first-order chi connectivity index (χ1) is 6.31. The van der Waals surface area contributed by atoms with E-state index in [1.54, 1.807) is 20.8 Å². The van der Waals surface area contributed by atoms with E-state index in [2.05, 4.69) is 0 Å². The molecule has 0 bridgehead atoms. The van der Waals surface area contributed by atoms with Crippen molar-refractivity contribution >= 4 is 0 Å². The molecular formula is C11H21F3. The molecule has 0 fully saturated rings. The summed E-state index contributed by atoms with van der Waals surface area (Å²) >= 11 is 0. The van der Waals surface area contributed by atoms with Gasteiger partial charge in [0.25, 0.3) is 0 Å². The van der Waals surface area contributed by atoms with Gasteiger partial charge in [0.05, 0.1) is 5.41 Å². The fourth-order valence-corrected chi connectivity index (χ4v) is 2.04. The molecule has 0 aromatic heterocycles. The van der Waals surface area contributed by atoms with E-state index >= 15 is 0 Å². The molecule has 0 aliphatic carbocycles. The standard InChI is InChI=1S/C11H21F3/c1-5-7-8-10(6-2,9(3)4)11(12,13)14/h9H,5-8H2,1-4H3/t10-/m0/s1. The molecule has 0 heterocycles. The second-order valence-electron chi connectivity index (χ2n) is 4.27. The Hall–Kier alpha value is -0.210. The van der Waals surface area contributed by atoms with Crippen LogP contribution in [-0.2, 0) is 0 Å². The molecular weight excluding hydrogens is 189 g/mol. The maximum atomic E-state index is 12.9. The van der Waals surface area contributed by atoms with Crippen molar-refractivity contribution in [3.63, 3.8) is 0 Å². The molecule has 0 aromatic carbocycles. The van der Waals surface area contributed by atoms with Crippen molar-refractivity contribution in [3.05, 3.63) is 0 Å². The smallest absolute Gasteiger partial charge is 0.170 e. The van der Waals surface area contributed by atoms with Crippen molar-refractivity contribution < 1.29 is 13.2 Å². The number of unbranched alkanes of at least 4 members (excludes halogenated alkanes) is 1. The summed E-state index contributed by atoms with van der Waals surface area (Å²) in [5, 5.41) is 0. The first-order valence-corrected chi connectivity index (χ1v) is 5.38. The zero-order valence-corrected chi connectivity index (χ0v) is 9.54. The molecule has 0 radical (unpaired) electrons. The summed E-state index contributed by atoms with van der Waals surface area (Å²) < 4.78 is 38.8. The van der Waals surface area contributed by atoms with Gasteiger partial charge in [0.1, 0.15) is 0 Å². The zero-order valence-electron chi connectivity index (χ0n) is 9.54. The number of hydrogen-bond donors (Lipinski definition) is 0. The summed E-state index contributed by atoms with van der Waals surface area (Å²) in [7, 11) is 0. The van der Waals surface area contributed by atoms with E-state index < -0.39 is 11.6 Å². The Bertz CT molecular complexity index is 160. The molecule has 14 heavy (non-hydrogen) atoms. The molecule has 0 amide bonds. The number of alkyl halides is 3. The lowest BCUT2D eigenvalue weighted by molar-refractivity contribution is -0.244. The Labute approximate surface area is 84.9 Å². The number of rotatable bonds is 5. The van der Waals surface area contributed by atoms with Gasteiger partial charge in [-0.15, -0.1) is 0 Å². The summed E-state index contributed by atoms with van der Waals surface area (Å²) in [5.74, 6) is -0.334. The summed E-state index contributed by atoms with van der Waals surface area (Å²) in [4.78, 5) is 0. The minimum atomic E-state index is -4.06. The average Bonchev–Trinajstić information content (AvgIpc) is 2.03. The SMILES string of the molecule is CCCC[C@@](CC)(C(C)C)C(F)(F)F. The molecule has 0 aliphatic heterocycles. The Morgan fingerprint density at radius 3 is 1.79 bits per heavy atom.